The minimum Gasteiger partial charge on any atom is -0.383 e. The lowest BCUT2D eigenvalue weighted by Gasteiger charge is -2.23. The highest BCUT2D eigenvalue weighted by Gasteiger charge is 2.09. The van der Waals surface area contributed by atoms with E-state index in [0.29, 0.717) is 11.9 Å². The van der Waals surface area contributed by atoms with E-state index < -0.39 is 0 Å². The summed E-state index contributed by atoms with van der Waals surface area (Å²) in [5.74, 6) is 2.23. The average Bonchev–Trinajstić information content (AvgIpc) is 2.41. The van der Waals surface area contributed by atoms with Crippen molar-refractivity contribution in [2.24, 2.45) is 0 Å². The van der Waals surface area contributed by atoms with E-state index in [1.165, 1.54) is 0 Å². The molecule has 0 aliphatic heterocycles. The molecule has 1 heterocycles. The third-order valence-electron chi connectivity index (χ3n) is 3.65. The van der Waals surface area contributed by atoms with Crippen molar-refractivity contribution < 1.29 is 0 Å². The summed E-state index contributed by atoms with van der Waals surface area (Å²) in [5, 5.41) is 3.37. The lowest BCUT2D eigenvalue weighted by Crippen LogP contribution is -2.33. The summed E-state index contributed by atoms with van der Waals surface area (Å²) in [4.78, 5) is 11.1. The molecule has 0 fully saturated rings. The maximum Gasteiger partial charge on any atom is 0.134 e. The van der Waals surface area contributed by atoms with Gasteiger partial charge >= 0.3 is 0 Å². The quantitative estimate of drug-likeness (QED) is 0.790. The van der Waals surface area contributed by atoms with E-state index in [1.54, 1.807) is 0 Å². The van der Waals surface area contributed by atoms with Gasteiger partial charge in [0.15, 0.2) is 0 Å². The molecule has 19 heavy (non-hydrogen) atoms. The molecule has 5 heteroatoms. The lowest BCUT2D eigenvalue weighted by atomic mass is 10.2. The molecule has 1 unspecified atom stereocenters. The average molecular weight is 265 g/mol. The van der Waals surface area contributed by atoms with Crippen LogP contribution < -0.4 is 11.1 Å². The van der Waals surface area contributed by atoms with E-state index in [2.05, 4.69) is 41.1 Å². The molecule has 0 saturated heterocycles. The minimum absolute atomic E-state index is 0.574. The predicted molar refractivity (Wildman–Crippen MR) is 81.4 cm³/mol. The van der Waals surface area contributed by atoms with E-state index in [0.717, 1.165) is 43.1 Å². The van der Waals surface area contributed by atoms with Crippen LogP contribution in [-0.4, -0.2) is 41.0 Å². The van der Waals surface area contributed by atoms with Gasteiger partial charge in [0.2, 0.25) is 0 Å². The van der Waals surface area contributed by atoms with Crippen molar-refractivity contribution in [2.75, 3.05) is 31.2 Å². The molecule has 5 nitrogen and oxygen atoms in total. The number of aryl methyl sites for hydroxylation is 1. The van der Waals surface area contributed by atoms with Crippen LogP contribution in [0.2, 0.25) is 0 Å². The Morgan fingerprint density at radius 2 is 2.00 bits per heavy atom. The second-order valence-electron chi connectivity index (χ2n) is 5.02. The standard InChI is InChI=1S/C14H27N5/c1-6-10(3)19(5)9-8-16-14-11(4)13(15)17-12(7-2)18-14/h10H,6-9H2,1-5H3,(H3,15,16,17,18). The molecule has 0 aliphatic carbocycles. The van der Waals surface area contributed by atoms with Crippen molar-refractivity contribution in [1.29, 1.82) is 0 Å². The predicted octanol–water partition coefficient (Wildman–Crippen LogP) is 2.07. The van der Waals surface area contributed by atoms with Crippen molar-refractivity contribution >= 4 is 11.6 Å². The van der Waals surface area contributed by atoms with Crippen LogP contribution in [0.15, 0.2) is 0 Å². The number of aromatic nitrogens is 2. The van der Waals surface area contributed by atoms with Crippen LogP contribution in [0.5, 0.6) is 0 Å². The Hall–Kier alpha value is -1.36. The second-order valence-corrected chi connectivity index (χ2v) is 5.02. The van der Waals surface area contributed by atoms with Crippen molar-refractivity contribution in [2.45, 2.75) is 46.6 Å². The molecular weight excluding hydrogens is 238 g/mol. The van der Waals surface area contributed by atoms with E-state index in [9.17, 15) is 0 Å². The number of anilines is 2. The van der Waals surface area contributed by atoms with Gasteiger partial charge in [0.1, 0.15) is 17.5 Å². The van der Waals surface area contributed by atoms with E-state index >= 15 is 0 Å². The summed E-state index contributed by atoms with van der Waals surface area (Å²) in [5.41, 5.74) is 6.83. The van der Waals surface area contributed by atoms with Crippen LogP contribution in [0.3, 0.4) is 0 Å². The fraction of sp³-hybridized carbons (Fsp3) is 0.714. The number of nitrogens with zero attached hydrogens (tertiary/aromatic N) is 3. The summed E-state index contributed by atoms with van der Waals surface area (Å²) < 4.78 is 0. The van der Waals surface area contributed by atoms with Crippen molar-refractivity contribution in [3.8, 4) is 0 Å². The molecule has 0 bridgehead atoms. The van der Waals surface area contributed by atoms with Gasteiger partial charge in [-0.3, -0.25) is 0 Å². The number of nitrogens with one attached hydrogen (secondary N) is 1. The molecule has 1 aromatic rings. The van der Waals surface area contributed by atoms with Crippen molar-refractivity contribution in [1.82, 2.24) is 14.9 Å². The molecule has 0 amide bonds. The molecular formula is C14H27N5. The van der Waals surface area contributed by atoms with E-state index in [1.807, 2.05) is 13.8 Å². The maximum atomic E-state index is 5.90. The number of hydrogen-bond donors (Lipinski definition) is 2. The van der Waals surface area contributed by atoms with Gasteiger partial charge in [-0.25, -0.2) is 9.97 Å². The van der Waals surface area contributed by atoms with Crippen LogP contribution in [-0.2, 0) is 6.42 Å². The van der Waals surface area contributed by atoms with Gasteiger partial charge in [-0.2, -0.15) is 0 Å². The third kappa shape index (κ3) is 4.35. The first-order valence-corrected chi connectivity index (χ1v) is 7.06. The molecule has 0 aliphatic rings. The summed E-state index contributed by atoms with van der Waals surface area (Å²) in [6.45, 7) is 10.3. The van der Waals surface area contributed by atoms with Gasteiger partial charge in [0.05, 0.1) is 0 Å². The molecule has 0 spiro atoms. The van der Waals surface area contributed by atoms with Crippen LogP contribution >= 0.6 is 0 Å². The number of nitrogens with two attached hydrogens (primary N) is 1. The summed E-state index contributed by atoms with van der Waals surface area (Å²) in [6.07, 6.45) is 1.96. The SMILES string of the molecule is CCc1nc(N)c(C)c(NCCN(C)C(C)CC)n1. The third-order valence-corrected chi connectivity index (χ3v) is 3.65. The highest BCUT2D eigenvalue weighted by molar-refractivity contribution is 5.54. The number of likely N-dealkylation sites (N-methyl/N-ethyl adjacent to an activating group) is 1. The largest absolute Gasteiger partial charge is 0.383 e. The molecule has 0 radical (unpaired) electrons. The number of hydrogen-bond acceptors (Lipinski definition) is 5. The Bertz CT molecular complexity index is 405. The highest BCUT2D eigenvalue weighted by Crippen LogP contribution is 2.17. The number of rotatable bonds is 7. The zero-order valence-corrected chi connectivity index (χ0v) is 12.8. The Balaban J connectivity index is 2.60. The van der Waals surface area contributed by atoms with Crippen LogP contribution in [0, 0.1) is 6.92 Å². The Kier molecular flexibility index (Phi) is 6.02. The zero-order chi connectivity index (χ0) is 14.4. The molecule has 0 aromatic carbocycles. The fourth-order valence-electron chi connectivity index (χ4n) is 1.80. The molecule has 3 N–H and O–H groups in total. The summed E-state index contributed by atoms with van der Waals surface area (Å²) in [7, 11) is 2.15. The molecule has 108 valence electrons. The lowest BCUT2D eigenvalue weighted by molar-refractivity contribution is 0.261. The van der Waals surface area contributed by atoms with Gasteiger partial charge in [-0.1, -0.05) is 13.8 Å². The number of nitrogen functional groups attached to an aromatic ring is 1. The first kappa shape index (κ1) is 15.7. The molecule has 1 aromatic heterocycles. The van der Waals surface area contributed by atoms with Gasteiger partial charge in [-0.05, 0) is 27.3 Å². The van der Waals surface area contributed by atoms with Gasteiger partial charge in [0, 0.05) is 31.1 Å². The van der Waals surface area contributed by atoms with E-state index in [4.69, 9.17) is 5.73 Å². The van der Waals surface area contributed by atoms with Gasteiger partial charge < -0.3 is 16.0 Å². The summed E-state index contributed by atoms with van der Waals surface area (Å²) in [6, 6.07) is 0.601. The normalized spacial score (nSPS) is 12.7. The van der Waals surface area contributed by atoms with Crippen molar-refractivity contribution in [3.63, 3.8) is 0 Å². The monoisotopic (exact) mass is 265 g/mol. The molecule has 1 rings (SSSR count). The first-order chi connectivity index (χ1) is 8.99. The molecule has 0 saturated carbocycles. The second kappa shape index (κ2) is 7.28. The minimum atomic E-state index is 0.574. The fourth-order valence-corrected chi connectivity index (χ4v) is 1.80. The Morgan fingerprint density at radius 1 is 1.32 bits per heavy atom. The highest BCUT2D eigenvalue weighted by atomic mass is 15.1. The van der Waals surface area contributed by atoms with Crippen LogP contribution in [0.1, 0.15) is 38.6 Å². The van der Waals surface area contributed by atoms with Gasteiger partial charge in [-0.15, -0.1) is 0 Å². The zero-order valence-electron chi connectivity index (χ0n) is 12.8. The van der Waals surface area contributed by atoms with Crippen molar-refractivity contribution in [3.05, 3.63) is 11.4 Å². The Morgan fingerprint density at radius 3 is 2.58 bits per heavy atom. The maximum absolute atomic E-state index is 5.90. The smallest absolute Gasteiger partial charge is 0.134 e. The van der Waals surface area contributed by atoms with Crippen LogP contribution in [0.4, 0.5) is 11.6 Å². The molecule has 1 atom stereocenters. The van der Waals surface area contributed by atoms with E-state index in [-0.39, 0.29) is 0 Å². The first-order valence-electron chi connectivity index (χ1n) is 7.06. The topological polar surface area (TPSA) is 67.1 Å². The van der Waals surface area contributed by atoms with Crippen LogP contribution in [0.25, 0.3) is 0 Å². The van der Waals surface area contributed by atoms with Gasteiger partial charge in [0.25, 0.3) is 0 Å². The summed E-state index contributed by atoms with van der Waals surface area (Å²) >= 11 is 0. The Labute approximate surface area is 116 Å².